The number of amides is 2. The molecule has 0 bridgehead atoms. The summed E-state index contributed by atoms with van der Waals surface area (Å²) >= 11 is 9.78. The maximum Gasteiger partial charge on any atom is 0.264 e. The van der Waals surface area contributed by atoms with Gasteiger partial charge < -0.3 is 10.2 Å². The lowest BCUT2D eigenvalue weighted by atomic mass is 9.94. The van der Waals surface area contributed by atoms with Crippen LogP contribution in [0.2, 0.25) is 5.02 Å². The molecule has 2 amide bonds. The van der Waals surface area contributed by atoms with E-state index in [1.54, 1.807) is 36.4 Å². The van der Waals surface area contributed by atoms with Crippen LogP contribution in [0.15, 0.2) is 119 Å². The number of halogens is 2. The summed E-state index contributed by atoms with van der Waals surface area (Å²) in [5, 5.41) is 3.56. The SMILES string of the molecule is O=C(NC1CCCCC1)[C@H](Cc1ccccc1)N(Cc1ccc(Br)cc1)C(=O)CN(c1cccc(Cl)c1)S(=O)(=O)c1ccccc1. The van der Waals surface area contributed by atoms with Crippen LogP contribution in [0.3, 0.4) is 0 Å². The number of sulfonamides is 1. The lowest BCUT2D eigenvalue weighted by Crippen LogP contribution is -2.55. The highest BCUT2D eigenvalue weighted by atomic mass is 79.9. The highest BCUT2D eigenvalue weighted by Gasteiger charge is 2.35. The molecule has 1 fully saturated rings. The van der Waals surface area contributed by atoms with E-state index in [-0.39, 0.29) is 35.5 Å². The van der Waals surface area contributed by atoms with E-state index in [1.165, 1.54) is 23.1 Å². The van der Waals surface area contributed by atoms with E-state index < -0.39 is 28.5 Å². The molecule has 1 N–H and O–H groups in total. The minimum atomic E-state index is -4.19. The number of hydrogen-bond acceptors (Lipinski definition) is 4. The Balaban J connectivity index is 1.55. The zero-order valence-electron chi connectivity index (χ0n) is 25.4. The molecule has 0 spiro atoms. The highest BCUT2D eigenvalue weighted by molar-refractivity contribution is 9.10. The van der Waals surface area contributed by atoms with Gasteiger partial charge in [0.2, 0.25) is 11.8 Å². The Morgan fingerprint density at radius 1 is 0.826 bits per heavy atom. The van der Waals surface area contributed by atoms with Gasteiger partial charge in [0.1, 0.15) is 12.6 Å². The Morgan fingerprint density at radius 2 is 1.48 bits per heavy atom. The average molecular weight is 723 g/mol. The fraction of sp³-hybridized carbons (Fsp3) is 0.278. The second kappa shape index (κ2) is 15.8. The molecule has 5 rings (SSSR count). The fourth-order valence-corrected chi connectivity index (χ4v) is 7.64. The van der Waals surface area contributed by atoms with Crippen LogP contribution in [0.5, 0.6) is 0 Å². The highest BCUT2D eigenvalue weighted by Crippen LogP contribution is 2.27. The van der Waals surface area contributed by atoms with Crippen LogP contribution in [0.25, 0.3) is 0 Å². The molecule has 240 valence electrons. The molecule has 0 saturated heterocycles. The predicted molar refractivity (Wildman–Crippen MR) is 186 cm³/mol. The number of nitrogens with zero attached hydrogens (tertiary/aromatic N) is 2. The molecule has 1 atom stereocenters. The van der Waals surface area contributed by atoms with Crippen molar-refractivity contribution in [3.63, 3.8) is 0 Å². The van der Waals surface area contributed by atoms with Gasteiger partial charge in [0.05, 0.1) is 10.6 Å². The maximum atomic E-state index is 14.6. The van der Waals surface area contributed by atoms with Crippen molar-refractivity contribution in [3.8, 4) is 0 Å². The van der Waals surface area contributed by atoms with Gasteiger partial charge in [-0.1, -0.05) is 114 Å². The van der Waals surface area contributed by atoms with Crippen molar-refractivity contribution in [2.75, 3.05) is 10.8 Å². The second-order valence-electron chi connectivity index (χ2n) is 11.5. The lowest BCUT2D eigenvalue weighted by Gasteiger charge is -2.35. The fourth-order valence-electron chi connectivity index (χ4n) is 5.76. The summed E-state index contributed by atoms with van der Waals surface area (Å²) in [4.78, 5) is 30.3. The van der Waals surface area contributed by atoms with Crippen LogP contribution >= 0.6 is 27.5 Å². The topological polar surface area (TPSA) is 86.8 Å². The molecule has 4 aromatic rings. The summed E-state index contributed by atoms with van der Waals surface area (Å²) in [5.74, 6) is -0.761. The normalized spacial score (nSPS) is 14.3. The van der Waals surface area contributed by atoms with Crippen LogP contribution in [0.4, 0.5) is 5.69 Å². The van der Waals surface area contributed by atoms with Crippen LogP contribution in [0.1, 0.15) is 43.2 Å². The van der Waals surface area contributed by atoms with Crippen molar-refractivity contribution in [2.24, 2.45) is 0 Å². The first-order chi connectivity index (χ1) is 22.2. The monoisotopic (exact) mass is 721 g/mol. The summed E-state index contributed by atoms with van der Waals surface area (Å²) in [7, 11) is -4.19. The third-order valence-electron chi connectivity index (χ3n) is 8.20. The van der Waals surface area contributed by atoms with Crippen LogP contribution in [0, 0.1) is 0 Å². The van der Waals surface area contributed by atoms with Gasteiger partial charge in [-0.3, -0.25) is 13.9 Å². The van der Waals surface area contributed by atoms with Crippen molar-refractivity contribution in [1.82, 2.24) is 10.2 Å². The van der Waals surface area contributed by atoms with Crippen molar-refractivity contribution in [3.05, 3.63) is 130 Å². The summed E-state index contributed by atoms with van der Waals surface area (Å²) in [5.41, 5.74) is 1.95. The lowest BCUT2D eigenvalue weighted by molar-refractivity contribution is -0.140. The van der Waals surface area contributed by atoms with E-state index in [0.29, 0.717) is 5.02 Å². The summed E-state index contributed by atoms with van der Waals surface area (Å²) in [6.45, 7) is -0.424. The standard InChI is InChI=1S/C36H37BrClN3O4S/c37-29-21-19-28(20-22-29)25-40(34(23-27-11-4-1-5-12-27)36(43)39-31-14-6-2-7-15-31)35(42)26-41(32-16-10-13-30(38)24-32)46(44,45)33-17-8-3-9-18-33/h1,3-5,8-13,16-22,24,31,34H,2,6-7,14-15,23,25-26H2,(H,39,43)/t34-/m0/s1. The van der Waals surface area contributed by atoms with Gasteiger partial charge in [0.15, 0.2) is 0 Å². The zero-order chi connectivity index (χ0) is 32.5. The van der Waals surface area contributed by atoms with Crippen LogP contribution in [-0.4, -0.2) is 43.8 Å². The Hall–Kier alpha value is -3.66. The van der Waals surface area contributed by atoms with Crippen molar-refractivity contribution in [2.45, 2.75) is 62.0 Å². The number of rotatable bonds is 12. The Morgan fingerprint density at radius 3 is 2.13 bits per heavy atom. The quantitative estimate of drug-likeness (QED) is 0.165. The van der Waals surface area contributed by atoms with Gasteiger partial charge in [-0.05, 0) is 66.4 Å². The smallest absolute Gasteiger partial charge is 0.264 e. The average Bonchev–Trinajstić information content (AvgIpc) is 3.07. The third-order valence-corrected chi connectivity index (χ3v) is 10.7. The molecule has 0 heterocycles. The number of nitrogens with one attached hydrogen (secondary N) is 1. The van der Waals surface area contributed by atoms with Gasteiger partial charge in [0, 0.05) is 28.5 Å². The molecule has 46 heavy (non-hydrogen) atoms. The summed E-state index contributed by atoms with van der Waals surface area (Å²) in [6, 6.07) is 30.7. The molecule has 0 aromatic heterocycles. The summed E-state index contributed by atoms with van der Waals surface area (Å²) in [6.07, 6.45) is 5.28. The minimum absolute atomic E-state index is 0.0329. The van der Waals surface area contributed by atoms with Gasteiger partial charge in [-0.15, -0.1) is 0 Å². The predicted octanol–water partition coefficient (Wildman–Crippen LogP) is 7.39. The largest absolute Gasteiger partial charge is 0.352 e. The van der Waals surface area contributed by atoms with Crippen molar-refractivity contribution >= 4 is 55.1 Å². The molecule has 10 heteroatoms. The van der Waals surface area contributed by atoms with Crippen LogP contribution in [-0.2, 0) is 32.6 Å². The number of carbonyl (C=O) groups excluding carboxylic acids is 2. The number of hydrogen-bond donors (Lipinski definition) is 1. The molecule has 1 aliphatic carbocycles. The molecule has 1 aliphatic rings. The third kappa shape index (κ3) is 8.78. The Kier molecular flexibility index (Phi) is 11.5. The van der Waals surface area contributed by atoms with Gasteiger partial charge in [-0.2, -0.15) is 0 Å². The number of anilines is 1. The molecule has 0 radical (unpaired) electrons. The van der Waals surface area contributed by atoms with Crippen LogP contribution < -0.4 is 9.62 Å². The van der Waals surface area contributed by atoms with E-state index in [4.69, 9.17) is 11.6 Å². The number of benzene rings is 4. The van der Waals surface area contributed by atoms with E-state index in [0.717, 1.165) is 52.0 Å². The van der Waals surface area contributed by atoms with E-state index in [9.17, 15) is 18.0 Å². The minimum Gasteiger partial charge on any atom is -0.352 e. The molecule has 1 saturated carbocycles. The van der Waals surface area contributed by atoms with Gasteiger partial charge >= 0.3 is 0 Å². The van der Waals surface area contributed by atoms with Gasteiger partial charge in [-0.25, -0.2) is 8.42 Å². The van der Waals surface area contributed by atoms with E-state index >= 15 is 0 Å². The van der Waals surface area contributed by atoms with E-state index in [1.807, 2.05) is 54.6 Å². The molecular formula is C36H37BrClN3O4S. The summed E-state index contributed by atoms with van der Waals surface area (Å²) < 4.78 is 30.1. The van der Waals surface area contributed by atoms with Gasteiger partial charge in [0.25, 0.3) is 10.0 Å². The molecular weight excluding hydrogens is 686 g/mol. The molecule has 7 nitrogen and oxygen atoms in total. The maximum absolute atomic E-state index is 14.6. The first-order valence-electron chi connectivity index (χ1n) is 15.4. The molecule has 0 unspecified atom stereocenters. The first-order valence-corrected chi connectivity index (χ1v) is 18.0. The van der Waals surface area contributed by atoms with E-state index in [2.05, 4.69) is 21.2 Å². The molecule has 4 aromatic carbocycles. The second-order valence-corrected chi connectivity index (χ2v) is 14.7. The number of carbonyl (C=O) groups is 2. The Bertz CT molecular complexity index is 1720. The Labute approximate surface area is 284 Å². The van der Waals surface area contributed by atoms with Crippen molar-refractivity contribution in [1.29, 1.82) is 0 Å². The van der Waals surface area contributed by atoms with Crippen molar-refractivity contribution < 1.29 is 18.0 Å². The zero-order valence-corrected chi connectivity index (χ0v) is 28.6. The first kappa shape index (κ1) is 33.7. The molecule has 0 aliphatic heterocycles.